The molecule has 11 nitrogen and oxygen atoms in total. The smallest absolute Gasteiger partial charge is 0.311 e. The molecule has 0 aromatic carbocycles. The minimum atomic E-state index is -4.83. The van der Waals surface area contributed by atoms with E-state index in [-0.39, 0.29) is 13.2 Å². The fourth-order valence-electron chi connectivity index (χ4n) is 2.49. The lowest BCUT2D eigenvalue weighted by atomic mass is 10.0. The summed E-state index contributed by atoms with van der Waals surface area (Å²) in [6.07, 6.45) is 3.90. The maximum atomic E-state index is 12.2. The number of pyridine rings is 1. The van der Waals surface area contributed by atoms with Crippen molar-refractivity contribution in [2.24, 2.45) is 0 Å². The van der Waals surface area contributed by atoms with Gasteiger partial charge in [0, 0.05) is 24.9 Å². The van der Waals surface area contributed by atoms with Gasteiger partial charge in [-0.05, 0) is 31.4 Å². The van der Waals surface area contributed by atoms with Crippen LogP contribution < -0.4 is 11.0 Å². The molecule has 1 aliphatic rings. The zero-order chi connectivity index (χ0) is 19.0. The van der Waals surface area contributed by atoms with Gasteiger partial charge in [-0.2, -0.15) is 13.9 Å². The largest absolute Gasteiger partial charge is 0.418 e. The van der Waals surface area contributed by atoms with Gasteiger partial charge in [0.05, 0.1) is 6.61 Å². The third-order valence-corrected chi connectivity index (χ3v) is 3.95. The maximum absolute atomic E-state index is 12.2. The average molecular weight is 388 g/mol. The molecule has 3 N–H and O–H groups in total. The first-order valence-electron chi connectivity index (χ1n) is 7.91. The first-order chi connectivity index (χ1) is 12.4. The lowest BCUT2D eigenvalue weighted by Crippen LogP contribution is -2.55. The zero-order valence-electron chi connectivity index (χ0n) is 13.8. The number of hydroxylamine groups is 2. The van der Waals surface area contributed by atoms with E-state index in [0.29, 0.717) is 19.3 Å². The number of hydrogen-bond donors (Lipinski definition) is 3. The van der Waals surface area contributed by atoms with Crippen LogP contribution in [-0.2, 0) is 30.7 Å². The normalized spacial score (nSPS) is 17.6. The van der Waals surface area contributed by atoms with E-state index < -0.39 is 28.4 Å². The fraction of sp³-hybridized carbons (Fsp3) is 0.500. The molecule has 0 radical (unpaired) electrons. The summed E-state index contributed by atoms with van der Waals surface area (Å²) < 4.78 is 33.4. The first-order valence-corrected chi connectivity index (χ1v) is 9.27. The summed E-state index contributed by atoms with van der Waals surface area (Å²) in [5.41, 5.74) is 4.68. The summed E-state index contributed by atoms with van der Waals surface area (Å²) in [7, 11) is -4.83. The summed E-state index contributed by atoms with van der Waals surface area (Å²) in [4.78, 5) is 34.6. The second kappa shape index (κ2) is 9.43. The van der Waals surface area contributed by atoms with E-state index in [1.54, 1.807) is 17.7 Å². The van der Waals surface area contributed by atoms with Crippen LogP contribution >= 0.6 is 0 Å². The van der Waals surface area contributed by atoms with E-state index >= 15 is 0 Å². The van der Waals surface area contributed by atoms with Crippen LogP contribution in [0.2, 0.25) is 0 Å². The van der Waals surface area contributed by atoms with E-state index in [1.807, 2.05) is 12.1 Å². The number of carbonyl (C=O) groups excluding carboxylic acids is 2. The molecule has 12 heteroatoms. The molecule has 1 atom stereocenters. The predicted octanol–water partition coefficient (Wildman–Crippen LogP) is -0.0296. The van der Waals surface area contributed by atoms with Gasteiger partial charge in [0.1, 0.15) is 6.04 Å². The van der Waals surface area contributed by atoms with Gasteiger partial charge in [-0.15, -0.1) is 4.28 Å². The molecule has 0 spiro atoms. The van der Waals surface area contributed by atoms with Crippen LogP contribution in [0.3, 0.4) is 0 Å². The topological polar surface area (TPSA) is 147 Å². The Hall–Kier alpha value is -2.28. The van der Waals surface area contributed by atoms with E-state index in [9.17, 15) is 18.0 Å². The minimum absolute atomic E-state index is 0.202. The predicted molar refractivity (Wildman–Crippen MR) is 87.5 cm³/mol. The highest BCUT2D eigenvalue weighted by molar-refractivity contribution is 7.80. The minimum Gasteiger partial charge on any atom is -0.311 e. The van der Waals surface area contributed by atoms with Gasteiger partial charge in [0.25, 0.3) is 5.91 Å². The Morgan fingerprint density at radius 1 is 1.31 bits per heavy atom. The van der Waals surface area contributed by atoms with Crippen LogP contribution in [0.5, 0.6) is 0 Å². The average Bonchev–Trinajstić information content (AvgIpc) is 2.63. The van der Waals surface area contributed by atoms with Gasteiger partial charge < -0.3 is 4.90 Å². The molecular weight excluding hydrogens is 368 g/mol. The van der Waals surface area contributed by atoms with Crippen LogP contribution in [0.4, 0.5) is 4.79 Å². The van der Waals surface area contributed by atoms with Crippen LogP contribution in [0, 0.1) is 0 Å². The number of rotatable bonds is 7. The Morgan fingerprint density at radius 3 is 2.81 bits per heavy atom. The SMILES string of the molecule is O=C(NOCCc1ccccn1)[C@@H]1CCCCN1C(=O)NOS(=O)(=O)O. The number of nitrogens with zero attached hydrogens (tertiary/aromatic N) is 2. The van der Waals surface area contributed by atoms with Crippen LogP contribution in [0.15, 0.2) is 24.4 Å². The standard InChI is InChI=1S/C14H20N4O7S/c19-13(16-24-10-7-11-5-1-3-8-15-11)12-6-2-4-9-18(12)14(20)17-25-26(21,22)23/h1,3,5,8,12H,2,4,6-7,9-10H2,(H,16,19)(H,17,20)(H,21,22,23)/t12-/m0/s1. The number of amides is 3. The second-order valence-corrected chi connectivity index (χ2v) is 6.53. The molecule has 0 aliphatic carbocycles. The third kappa shape index (κ3) is 6.55. The highest BCUT2D eigenvalue weighted by Gasteiger charge is 2.33. The molecule has 1 saturated heterocycles. The van der Waals surface area contributed by atoms with Crippen molar-refractivity contribution in [3.63, 3.8) is 0 Å². The van der Waals surface area contributed by atoms with Crippen molar-refractivity contribution < 1.29 is 31.7 Å². The van der Waals surface area contributed by atoms with E-state index in [4.69, 9.17) is 9.39 Å². The van der Waals surface area contributed by atoms with Crippen molar-refractivity contribution in [2.45, 2.75) is 31.7 Å². The molecule has 144 valence electrons. The lowest BCUT2D eigenvalue weighted by molar-refractivity contribution is -0.139. The summed E-state index contributed by atoms with van der Waals surface area (Å²) in [5.74, 6) is -0.535. The number of hydrogen-bond acceptors (Lipinski definition) is 7. The Labute approximate surface area is 150 Å². The number of carbonyl (C=O) groups is 2. The van der Waals surface area contributed by atoms with Gasteiger partial charge in [-0.1, -0.05) is 6.07 Å². The van der Waals surface area contributed by atoms with Crippen molar-refractivity contribution in [1.29, 1.82) is 0 Å². The molecule has 2 heterocycles. The summed E-state index contributed by atoms with van der Waals surface area (Å²) in [5, 5.41) is 0. The Balaban J connectivity index is 1.81. The number of likely N-dealkylation sites (tertiary alicyclic amines) is 1. The Kier molecular flexibility index (Phi) is 7.26. The monoisotopic (exact) mass is 388 g/mol. The van der Waals surface area contributed by atoms with Gasteiger partial charge in [-0.3, -0.25) is 19.2 Å². The molecule has 0 bridgehead atoms. The van der Waals surface area contributed by atoms with Crippen LogP contribution in [-0.4, -0.2) is 54.0 Å². The molecule has 3 amide bonds. The summed E-state index contributed by atoms with van der Waals surface area (Å²) in [6, 6.07) is 3.67. The van der Waals surface area contributed by atoms with E-state index in [1.165, 1.54) is 0 Å². The van der Waals surface area contributed by atoms with E-state index in [2.05, 4.69) is 14.7 Å². The van der Waals surface area contributed by atoms with Crippen molar-refractivity contribution in [2.75, 3.05) is 13.2 Å². The van der Waals surface area contributed by atoms with Crippen molar-refractivity contribution in [3.05, 3.63) is 30.1 Å². The van der Waals surface area contributed by atoms with Crippen LogP contribution in [0.25, 0.3) is 0 Å². The maximum Gasteiger partial charge on any atom is 0.418 e. The molecule has 1 aliphatic heterocycles. The molecule has 26 heavy (non-hydrogen) atoms. The second-order valence-electron chi connectivity index (χ2n) is 5.51. The molecule has 2 rings (SSSR count). The van der Waals surface area contributed by atoms with Crippen molar-refractivity contribution in [3.8, 4) is 0 Å². The van der Waals surface area contributed by atoms with Crippen molar-refractivity contribution in [1.82, 2.24) is 20.8 Å². The van der Waals surface area contributed by atoms with Crippen LogP contribution in [0.1, 0.15) is 25.0 Å². The van der Waals surface area contributed by atoms with E-state index in [0.717, 1.165) is 17.0 Å². The number of aromatic nitrogens is 1. The highest BCUT2D eigenvalue weighted by atomic mass is 32.3. The van der Waals surface area contributed by atoms with Crippen molar-refractivity contribution >= 4 is 22.3 Å². The van der Waals surface area contributed by atoms with Gasteiger partial charge in [-0.25, -0.2) is 10.3 Å². The molecule has 0 unspecified atom stereocenters. The highest BCUT2D eigenvalue weighted by Crippen LogP contribution is 2.17. The van der Waals surface area contributed by atoms with Gasteiger partial charge in [0.2, 0.25) is 0 Å². The lowest BCUT2D eigenvalue weighted by Gasteiger charge is -2.33. The van der Waals surface area contributed by atoms with Gasteiger partial charge in [0.15, 0.2) is 0 Å². The van der Waals surface area contributed by atoms with Gasteiger partial charge >= 0.3 is 16.4 Å². The number of piperidine rings is 1. The molecular formula is C14H20N4O7S. The number of nitrogens with one attached hydrogen (secondary N) is 2. The number of urea groups is 1. The Bertz CT molecular complexity index is 713. The Morgan fingerprint density at radius 2 is 2.12 bits per heavy atom. The molecule has 0 saturated carbocycles. The quantitative estimate of drug-likeness (QED) is 0.335. The molecule has 1 aromatic heterocycles. The third-order valence-electron chi connectivity index (χ3n) is 3.66. The molecule has 1 fully saturated rings. The zero-order valence-corrected chi connectivity index (χ0v) is 14.6. The molecule has 1 aromatic rings. The first kappa shape index (κ1) is 20.0. The summed E-state index contributed by atoms with van der Waals surface area (Å²) in [6.45, 7) is 0.431. The fourth-order valence-corrected chi connectivity index (χ4v) is 2.66. The summed E-state index contributed by atoms with van der Waals surface area (Å²) >= 11 is 0.